The van der Waals surface area contributed by atoms with Crippen LogP contribution in [0.3, 0.4) is 0 Å². The summed E-state index contributed by atoms with van der Waals surface area (Å²) in [5, 5.41) is 3.47. The fraction of sp³-hybridized carbons (Fsp3) is 0.0800. The molecule has 0 aliphatic carbocycles. The Hall–Kier alpha value is -2.81. The lowest BCUT2D eigenvalue weighted by molar-refractivity contribution is 0.0807. The third kappa shape index (κ3) is 3.19. The predicted molar refractivity (Wildman–Crippen MR) is 117 cm³/mol. The van der Waals surface area contributed by atoms with Gasteiger partial charge in [-0.2, -0.15) is 0 Å². The second-order valence-electron chi connectivity index (χ2n) is 7.14. The highest BCUT2D eigenvalue weighted by Gasteiger charge is 2.41. The van der Waals surface area contributed by atoms with E-state index >= 15 is 0 Å². The van der Waals surface area contributed by atoms with Gasteiger partial charge in [0.15, 0.2) is 6.10 Å². The number of fused-ring (bicyclic) bond motifs is 3. The number of ketones is 1. The third-order valence-electron chi connectivity index (χ3n) is 5.41. The van der Waals surface area contributed by atoms with Gasteiger partial charge in [-0.05, 0) is 58.8 Å². The van der Waals surface area contributed by atoms with E-state index in [0.717, 1.165) is 27.6 Å². The molecule has 1 heterocycles. The van der Waals surface area contributed by atoms with Crippen LogP contribution in [0.4, 0.5) is 0 Å². The average molecular weight is 419 g/mol. The van der Waals surface area contributed by atoms with E-state index in [0.29, 0.717) is 15.6 Å². The van der Waals surface area contributed by atoms with Crippen molar-refractivity contribution < 1.29 is 9.53 Å². The Kier molecular flexibility index (Phi) is 4.54. The first kappa shape index (κ1) is 18.2. The van der Waals surface area contributed by atoms with Gasteiger partial charge >= 0.3 is 0 Å². The normalized spacial score (nSPS) is 17.7. The van der Waals surface area contributed by atoms with Crippen LogP contribution in [0, 0.1) is 0 Å². The van der Waals surface area contributed by atoms with Gasteiger partial charge < -0.3 is 4.74 Å². The van der Waals surface area contributed by atoms with E-state index in [1.807, 2.05) is 48.5 Å². The van der Waals surface area contributed by atoms with Gasteiger partial charge in [0.05, 0.1) is 5.92 Å². The second-order valence-corrected chi connectivity index (χ2v) is 8.01. The minimum Gasteiger partial charge on any atom is -0.481 e. The zero-order valence-corrected chi connectivity index (χ0v) is 16.8. The molecule has 5 rings (SSSR count). The van der Waals surface area contributed by atoms with Gasteiger partial charge in [0.1, 0.15) is 5.75 Å². The first-order chi connectivity index (χ1) is 14.1. The highest BCUT2D eigenvalue weighted by molar-refractivity contribution is 6.31. The van der Waals surface area contributed by atoms with Gasteiger partial charge in [-0.1, -0.05) is 65.7 Å². The Morgan fingerprint density at radius 2 is 1.41 bits per heavy atom. The van der Waals surface area contributed by atoms with Gasteiger partial charge in [0.2, 0.25) is 5.78 Å². The maximum absolute atomic E-state index is 13.4. The summed E-state index contributed by atoms with van der Waals surface area (Å²) in [4.78, 5) is 13.4. The van der Waals surface area contributed by atoms with E-state index < -0.39 is 6.10 Å². The largest absolute Gasteiger partial charge is 0.481 e. The van der Waals surface area contributed by atoms with E-state index in [9.17, 15) is 4.79 Å². The fourth-order valence-electron chi connectivity index (χ4n) is 4.05. The molecule has 0 aromatic heterocycles. The van der Waals surface area contributed by atoms with Gasteiger partial charge in [-0.25, -0.2) is 0 Å². The smallest absolute Gasteiger partial charge is 0.204 e. The Balaban J connectivity index is 1.68. The number of Topliss-reactive ketones (excluding diaryl/α,β-unsaturated/α-hetero) is 1. The van der Waals surface area contributed by atoms with E-state index in [-0.39, 0.29) is 11.7 Å². The number of rotatable bonds is 3. The third-order valence-corrected chi connectivity index (χ3v) is 5.92. The zero-order valence-electron chi connectivity index (χ0n) is 15.3. The molecule has 4 heteroatoms. The minimum absolute atomic E-state index is 0.0677. The maximum Gasteiger partial charge on any atom is 0.204 e. The summed E-state index contributed by atoms with van der Waals surface area (Å²) in [6.07, 6.45) is -0.654. The molecule has 0 radical (unpaired) electrons. The SMILES string of the molecule is O=C(c1ccc(Cl)cc1)C1Oc2ccc3ccccc3c2C1c1ccc(Cl)cc1. The van der Waals surface area contributed by atoms with Crippen molar-refractivity contribution in [3.05, 3.63) is 112 Å². The van der Waals surface area contributed by atoms with Crippen molar-refractivity contribution in [2.24, 2.45) is 0 Å². The van der Waals surface area contributed by atoms with Crippen LogP contribution in [0.5, 0.6) is 5.75 Å². The van der Waals surface area contributed by atoms with Gasteiger partial charge in [0, 0.05) is 21.2 Å². The molecular weight excluding hydrogens is 403 g/mol. The Morgan fingerprint density at radius 1 is 0.759 bits per heavy atom. The van der Waals surface area contributed by atoms with E-state index in [1.54, 1.807) is 24.3 Å². The van der Waals surface area contributed by atoms with Crippen molar-refractivity contribution >= 4 is 39.8 Å². The van der Waals surface area contributed by atoms with Gasteiger partial charge in [0.25, 0.3) is 0 Å². The molecule has 0 saturated carbocycles. The molecule has 142 valence electrons. The molecular formula is C25H16Cl2O2. The van der Waals surface area contributed by atoms with Gasteiger partial charge in [-0.3, -0.25) is 4.79 Å². The lowest BCUT2D eigenvalue weighted by Crippen LogP contribution is -2.30. The molecule has 2 atom stereocenters. The first-order valence-corrected chi connectivity index (χ1v) is 10.1. The number of hydrogen-bond donors (Lipinski definition) is 0. The Bertz CT molecular complexity index is 1210. The predicted octanol–water partition coefficient (Wildman–Crippen LogP) is 6.92. The summed E-state index contributed by atoms with van der Waals surface area (Å²) in [6, 6.07) is 26.7. The number of hydrogen-bond acceptors (Lipinski definition) is 2. The molecule has 0 spiro atoms. The van der Waals surface area contributed by atoms with Crippen LogP contribution >= 0.6 is 23.2 Å². The van der Waals surface area contributed by atoms with Crippen LogP contribution in [-0.4, -0.2) is 11.9 Å². The van der Waals surface area contributed by atoms with Crippen LogP contribution < -0.4 is 4.74 Å². The summed E-state index contributed by atoms with van der Waals surface area (Å²) in [5.74, 6) is 0.453. The topological polar surface area (TPSA) is 26.3 Å². The maximum atomic E-state index is 13.4. The number of halogens is 2. The lowest BCUT2D eigenvalue weighted by Gasteiger charge is -2.19. The summed E-state index contributed by atoms with van der Waals surface area (Å²) in [7, 11) is 0. The van der Waals surface area contributed by atoms with Crippen LogP contribution in [0.25, 0.3) is 10.8 Å². The summed E-state index contributed by atoms with van der Waals surface area (Å²) in [6.45, 7) is 0. The lowest BCUT2D eigenvalue weighted by atomic mass is 9.83. The van der Waals surface area contributed by atoms with Gasteiger partial charge in [-0.15, -0.1) is 0 Å². The molecule has 0 fully saturated rings. The van der Waals surface area contributed by atoms with Crippen molar-refractivity contribution in [3.63, 3.8) is 0 Å². The molecule has 4 aromatic rings. The standard InChI is InChI=1S/C25H16Cl2O2/c26-18-10-5-16(6-11-18)22-23-20-4-2-1-3-15(20)9-14-21(23)29-25(22)24(28)17-7-12-19(27)13-8-17/h1-14,22,25H. The van der Waals surface area contributed by atoms with E-state index in [1.165, 1.54) is 0 Å². The van der Waals surface area contributed by atoms with Crippen molar-refractivity contribution in [2.75, 3.05) is 0 Å². The molecule has 2 nitrogen and oxygen atoms in total. The highest BCUT2D eigenvalue weighted by Crippen LogP contribution is 2.47. The summed E-state index contributed by atoms with van der Waals surface area (Å²) < 4.78 is 6.24. The molecule has 0 saturated heterocycles. The molecule has 0 bridgehead atoms. The summed E-state index contributed by atoms with van der Waals surface area (Å²) in [5.41, 5.74) is 2.62. The zero-order chi connectivity index (χ0) is 20.0. The van der Waals surface area contributed by atoms with Crippen molar-refractivity contribution in [3.8, 4) is 5.75 Å². The number of ether oxygens (including phenoxy) is 1. The average Bonchev–Trinajstić information content (AvgIpc) is 3.14. The van der Waals surface area contributed by atoms with Crippen LogP contribution in [0.1, 0.15) is 27.4 Å². The molecule has 4 aromatic carbocycles. The number of carbonyl (C=O) groups excluding carboxylic acids is 1. The van der Waals surface area contributed by atoms with Crippen molar-refractivity contribution in [1.82, 2.24) is 0 Å². The molecule has 2 unspecified atom stereocenters. The summed E-state index contributed by atoms with van der Waals surface area (Å²) >= 11 is 12.1. The molecule has 0 N–H and O–H groups in total. The van der Waals surface area contributed by atoms with Crippen molar-refractivity contribution in [2.45, 2.75) is 12.0 Å². The number of carbonyl (C=O) groups is 1. The minimum atomic E-state index is -0.654. The molecule has 1 aliphatic rings. The van der Waals surface area contributed by atoms with E-state index in [2.05, 4.69) is 12.1 Å². The molecule has 0 amide bonds. The second kappa shape index (κ2) is 7.22. The highest BCUT2D eigenvalue weighted by atomic mass is 35.5. The Morgan fingerprint density at radius 3 is 2.14 bits per heavy atom. The first-order valence-electron chi connectivity index (χ1n) is 9.35. The number of benzene rings is 4. The monoisotopic (exact) mass is 418 g/mol. The molecule has 1 aliphatic heterocycles. The van der Waals surface area contributed by atoms with Crippen molar-refractivity contribution in [1.29, 1.82) is 0 Å². The quantitative estimate of drug-likeness (QED) is 0.337. The van der Waals surface area contributed by atoms with Crippen LogP contribution in [-0.2, 0) is 0 Å². The Labute approximate surface area is 178 Å². The fourth-order valence-corrected chi connectivity index (χ4v) is 4.30. The molecule has 29 heavy (non-hydrogen) atoms. The van der Waals surface area contributed by atoms with Crippen LogP contribution in [0.15, 0.2) is 84.9 Å². The van der Waals surface area contributed by atoms with Crippen LogP contribution in [0.2, 0.25) is 10.0 Å². The van der Waals surface area contributed by atoms with E-state index in [4.69, 9.17) is 27.9 Å².